The zero-order chi connectivity index (χ0) is 16.3. The van der Waals surface area contributed by atoms with Gasteiger partial charge in [-0.3, -0.25) is 4.79 Å². The van der Waals surface area contributed by atoms with Gasteiger partial charge in [0.2, 0.25) is 0 Å². The Balaban J connectivity index is 2.43. The van der Waals surface area contributed by atoms with Gasteiger partial charge in [0, 0.05) is 5.56 Å². The Morgan fingerprint density at radius 1 is 1.18 bits per heavy atom. The summed E-state index contributed by atoms with van der Waals surface area (Å²) < 4.78 is 43.6. The number of aromatic nitrogens is 1. The monoisotopic (exact) mass is 309 g/mol. The molecule has 1 heterocycles. The van der Waals surface area contributed by atoms with E-state index in [1.54, 1.807) is 12.1 Å². The average molecular weight is 309 g/mol. The van der Waals surface area contributed by atoms with Gasteiger partial charge >= 0.3 is 6.18 Å². The Hall–Kier alpha value is -2.37. The van der Waals surface area contributed by atoms with Gasteiger partial charge in [-0.2, -0.15) is 13.2 Å². The molecule has 6 heteroatoms. The number of ether oxygens (including phenoxy) is 1. The highest BCUT2D eigenvalue weighted by Gasteiger charge is 2.32. The number of halogens is 3. The van der Waals surface area contributed by atoms with E-state index in [4.69, 9.17) is 4.74 Å². The average Bonchev–Trinajstić information content (AvgIpc) is 2.46. The van der Waals surface area contributed by atoms with E-state index >= 15 is 0 Å². The molecule has 0 aliphatic carbocycles. The summed E-state index contributed by atoms with van der Waals surface area (Å²) in [7, 11) is 0. The number of carbonyl (C=O) groups excluding carboxylic acids is 1. The molecule has 0 fully saturated rings. The molecule has 0 amide bonds. The molecule has 0 aliphatic rings. The van der Waals surface area contributed by atoms with Crippen molar-refractivity contribution < 1.29 is 22.7 Å². The molecule has 3 nitrogen and oxygen atoms in total. The fraction of sp³-hybridized carbons (Fsp3) is 0.250. The van der Waals surface area contributed by atoms with E-state index < -0.39 is 11.9 Å². The summed E-state index contributed by atoms with van der Waals surface area (Å²) in [6.07, 6.45) is -4.02. The lowest BCUT2D eigenvalue weighted by molar-refractivity contribution is -0.141. The predicted molar refractivity (Wildman–Crippen MR) is 75.8 cm³/mol. The molecule has 0 aliphatic heterocycles. The first-order valence-corrected chi connectivity index (χ1v) is 6.62. The van der Waals surface area contributed by atoms with Crippen molar-refractivity contribution >= 4 is 6.29 Å². The molecule has 22 heavy (non-hydrogen) atoms. The topological polar surface area (TPSA) is 39.2 Å². The van der Waals surface area contributed by atoms with Crippen molar-refractivity contribution in [3.8, 4) is 17.0 Å². The van der Waals surface area contributed by atoms with Gasteiger partial charge in [0.05, 0.1) is 17.4 Å². The zero-order valence-electron chi connectivity index (χ0n) is 12.0. The molecular formula is C16H14F3NO2. The number of aldehydes is 1. The van der Waals surface area contributed by atoms with Gasteiger partial charge in [-0.1, -0.05) is 6.07 Å². The third-order valence-corrected chi connectivity index (χ3v) is 2.83. The minimum atomic E-state index is -4.51. The third kappa shape index (κ3) is 3.63. The maximum atomic E-state index is 12.7. The van der Waals surface area contributed by atoms with Gasteiger partial charge in [0.1, 0.15) is 11.4 Å². The number of pyridine rings is 1. The minimum Gasteiger partial charge on any atom is -0.490 e. The molecule has 0 atom stereocenters. The Bertz CT molecular complexity index is 681. The predicted octanol–water partition coefficient (Wildman–Crippen LogP) is 4.37. The summed E-state index contributed by atoms with van der Waals surface area (Å²) in [6.45, 7) is 3.63. The maximum Gasteiger partial charge on any atom is 0.433 e. The molecule has 0 spiro atoms. The lowest BCUT2D eigenvalue weighted by atomic mass is 10.1. The van der Waals surface area contributed by atoms with E-state index in [0.717, 1.165) is 6.07 Å². The summed E-state index contributed by atoms with van der Waals surface area (Å²) >= 11 is 0. The van der Waals surface area contributed by atoms with Crippen LogP contribution in [0.4, 0.5) is 13.2 Å². The lowest BCUT2D eigenvalue weighted by Crippen LogP contribution is -2.08. The van der Waals surface area contributed by atoms with Crippen LogP contribution >= 0.6 is 0 Å². The molecule has 1 aromatic heterocycles. The molecule has 0 unspecified atom stereocenters. The first kappa shape index (κ1) is 16.0. The van der Waals surface area contributed by atoms with Gasteiger partial charge in [-0.05, 0) is 44.2 Å². The van der Waals surface area contributed by atoms with Crippen LogP contribution in [-0.4, -0.2) is 17.4 Å². The summed E-state index contributed by atoms with van der Waals surface area (Å²) in [5, 5.41) is 0. The van der Waals surface area contributed by atoms with Crippen molar-refractivity contribution in [1.82, 2.24) is 4.98 Å². The molecule has 0 saturated carbocycles. The van der Waals surface area contributed by atoms with Crippen molar-refractivity contribution in [3.63, 3.8) is 0 Å². The van der Waals surface area contributed by atoms with Crippen LogP contribution in [0.1, 0.15) is 29.9 Å². The van der Waals surface area contributed by atoms with Crippen molar-refractivity contribution in [1.29, 1.82) is 0 Å². The second-order valence-corrected chi connectivity index (χ2v) is 4.94. The van der Waals surface area contributed by atoms with Gasteiger partial charge in [0.25, 0.3) is 0 Å². The van der Waals surface area contributed by atoms with Crippen LogP contribution in [0.3, 0.4) is 0 Å². The fourth-order valence-corrected chi connectivity index (χ4v) is 1.91. The van der Waals surface area contributed by atoms with Crippen molar-refractivity contribution in [2.24, 2.45) is 0 Å². The number of carbonyl (C=O) groups is 1. The first-order valence-electron chi connectivity index (χ1n) is 6.62. The number of hydrogen-bond donors (Lipinski definition) is 0. The Kier molecular flexibility index (Phi) is 4.49. The summed E-state index contributed by atoms with van der Waals surface area (Å²) in [5.74, 6) is 0.390. The quantitative estimate of drug-likeness (QED) is 0.787. The van der Waals surface area contributed by atoms with E-state index in [9.17, 15) is 18.0 Å². The van der Waals surface area contributed by atoms with Gasteiger partial charge < -0.3 is 4.74 Å². The first-order chi connectivity index (χ1) is 10.3. The van der Waals surface area contributed by atoms with E-state index in [2.05, 4.69) is 4.98 Å². The van der Waals surface area contributed by atoms with Crippen LogP contribution in [0.2, 0.25) is 0 Å². The Morgan fingerprint density at radius 3 is 2.50 bits per heavy atom. The molecule has 116 valence electrons. The Morgan fingerprint density at radius 2 is 1.91 bits per heavy atom. The highest BCUT2D eigenvalue weighted by Crippen LogP contribution is 2.30. The van der Waals surface area contributed by atoms with E-state index in [0.29, 0.717) is 17.6 Å². The summed E-state index contributed by atoms with van der Waals surface area (Å²) in [4.78, 5) is 14.7. The number of alkyl halides is 3. The van der Waals surface area contributed by atoms with Gasteiger partial charge in [-0.15, -0.1) is 0 Å². The van der Waals surface area contributed by atoms with E-state index in [1.807, 2.05) is 13.8 Å². The molecule has 0 bridgehead atoms. The van der Waals surface area contributed by atoms with Crippen LogP contribution in [0, 0.1) is 0 Å². The summed E-state index contributed by atoms with van der Waals surface area (Å²) in [6, 6.07) is 8.24. The molecular weight excluding hydrogens is 295 g/mol. The molecule has 0 saturated heterocycles. The fourth-order valence-electron chi connectivity index (χ4n) is 1.91. The summed E-state index contributed by atoms with van der Waals surface area (Å²) in [5.41, 5.74) is -0.135. The van der Waals surface area contributed by atoms with Crippen molar-refractivity contribution in [2.45, 2.75) is 26.1 Å². The molecule has 1 aromatic carbocycles. The normalized spacial score (nSPS) is 11.5. The van der Waals surface area contributed by atoms with Crippen LogP contribution in [0.25, 0.3) is 11.3 Å². The number of nitrogens with zero attached hydrogens (tertiary/aromatic N) is 1. The second kappa shape index (κ2) is 6.17. The minimum absolute atomic E-state index is 0.115. The zero-order valence-corrected chi connectivity index (χ0v) is 12.0. The van der Waals surface area contributed by atoms with Gasteiger partial charge in [-0.25, -0.2) is 4.98 Å². The van der Waals surface area contributed by atoms with Crippen LogP contribution < -0.4 is 4.74 Å². The molecule has 0 radical (unpaired) electrons. The van der Waals surface area contributed by atoms with Gasteiger partial charge in [0.15, 0.2) is 6.29 Å². The third-order valence-electron chi connectivity index (χ3n) is 2.83. The largest absolute Gasteiger partial charge is 0.490 e. The Labute approximate surface area is 125 Å². The van der Waals surface area contributed by atoms with E-state index in [1.165, 1.54) is 18.2 Å². The molecule has 2 aromatic rings. The highest BCUT2D eigenvalue weighted by molar-refractivity contribution is 5.82. The van der Waals surface area contributed by atoms with Crippen molar-refractivity contribution in [2.75, 3.05) is 0 Å². The molecule has 0 N–H and O–H groups in total. The number of benzene rings is 1. The molecule has 2 rings (SSSR count). The lowest BCUT2D eigenvalue weighted by Gasteiger charge is -2.13. The smallest absolute Gasteiger partial charge is 0.433 e. The SMILES string of the molecule is CC(C)Oc1ccc(-c2cccc(C(F)(F)F)n2)cc1C=O. The van der Waals surface area contributed by atoms with E-state index in [-0.39, 0.29) is 17.4 Å². The second-order valence-electron chi connectivity index (χ2n) is 4.94. The van der Waals surface area contributed by atoms with Crippen molar-refractivity contribution in [3.05, 3.63) is 47.7 Å². The maximum absolute atomic E-state index is 12.7. The number of hydrogen-bond acceptors (Lipinski definition) is 3. The standard InChI is InChI=1S/C16H14F3NO2/c1-10(2)22-14-7-6-11(8-12(14)9-21)13-4-3-5-15(20-13)16(17,18)19/h3-10H,1-2H3. The highest BCUT2D eigenvalue weighted by atomic mass is 19.4. The van der Waals surface area contributed by atoms with Crippen LogP contribution in [-0.2, 0) is 6.18 Å². The number of rotatable bonds is 4. The van der Waals surface area contributed by atoms with Crippen LogP contribution in [0.5, 0.6) is 5.75 Å². The van der Waals surface area contributed by atoms with Crippen LogP contribution in [0.15, 0.2) is 36.4 Å².